The van der Waals surface area contributed by atoms with Gasteiger partial charge in [-0.2, -0.15) is 0 Å². The van der Waals surface area contributed by atoms with Crippen LogP contribution < -0.4 is 5.32 Å². The molecule has 142 valence electrons. The Kier molecular flexibility index (Phi) is 8.13. The van der Waals surface area contributed by atoms with E-state index >= 15 is 0 Å². The number of unbranched alkanes of at least 4 members (excludes halogenated alkanes) is 2. The van der Waals surface area contributed by atoms with Crippen molar-refractivity contribution in [2.24, 2.45) is 17.8 Å². The van der Waals surface area contributed by atoms with Crippen LogP contribution in [0, 0.1) is 17.8 Å². The quantitative estimate of drug-likeness (QED) is 0.339. The molecule has 5 heteroatoms. The maximum absolute atomic E-state index is 10.5. The molecule has 0 amide bonds. The molecule has 2 aliphatic carbocycles. The first-order valence-electron chi connectivity index (χ1n) is 9.67. The largest absolute Gasteiger partial charge is 0.480 e. The van der Waals surface area contributed by atoms with Crippen molar-refractivity contribution in [3.8, 4) is 0 Å². The molecule has 25 heavy (non-hydrogen) atoms. The molecule has 0 bridgehead atoms. The molecule has 0 spiro atoms. The number of aliphatic hydroxyl groups is 2. The minimum absolute atomic E-state index is 0.000133. The predicted molar refractivity (Wildman–Crippen MR) is 98.2 cm³/mol. The smallest absolute Gasteiger partial charge is 0.317 e. The molecule has 1 fully saturated rings. The lowest BCUT2D eigenvalue weighted by atomic mass is 9.88. The molecule has 2 rings (SSSR count). The maximum atomic E-state index is 10.5. The molecule has 5 unspecified atom stereocenters. The second-order valence-corrected chi connectivity index (χ2v) is 7.51. The van der Waals surface area contributed by atoms with Crippen LogP contribution in [0.4, 0.5) is 0 Å². The topological polar surface area (TPSA) is 89.8 Å². The molecule has 0 aromatic heterocycles. The van der Waals surface area contributed by atoms with Crippen molar-refractivity contribution in [1.82, 2.24) is 5.32 Å². The Hall–Kier alpha value is -1.17. The van der Waals surface area contributed by atoms with Crippen LogP contribution in [0.5, 0.6) is 0 Å². The van der Waals surface area contributed by atoms with Crippen LogP contribution in [0.3, 0.4) is 0 Å². The summed E-state index contributed by atoms with van der Waals surface area (Å²) in [6.07, 6.45) is 12.2. The number of hydrogen-bond donors (Lipinski definition) is 4. The fourth-order valence-electron chi connectivity index (χ4n) is 4.19. The molecule has 4 N–H and O–H groups in total. The van der Waals surface area contributed by atoms with Crippen molar-refractivity contribution < 1.29 is 20.1 Å². The van der Waals surface area contributed by atoms with Crippen LogP contribution in [0.25, 0.3) is 0 Å². The van der Waals surface area contributed by atoms with E-state index in [-0.39, 0.29) is 18.6 Å². The highest BCUT2D eigenvalue weighted by atomic mass is 16.4. The molecular weight excluding hydrogens is 318 g/mol. The Bertz CT molecular complexity index is 488. The molecule has 0 aromatic rings. The summed E-state index contributed by atoms with van der Waals surface area (Å²) in [5.74, 6) is 0.120. The Morgan fingerprint density at radius 2 is 2.24 bits per heavy atom. The summed E-state index contributed by atoms with van der Waals surface area (Å²) in [6, 6.07) is 0. The predicted octanol–water partition coefficient (Wildman–Crippen LogP) is 2.49. The van der Waals surface area contributed by atoms with Gasteiger partial charge in [0.15, 0.2) is 0 Å². The number of carbonyl (C=O) groups is 1. The summed E-state index contributed by atoms with van der Waals surface area (Å²) in [6.45, 7) is 2.83. The molecule has 5 atom stereocenters. The molecule has 1 saturated carbocycles. The standard InChI is InChI=1S/C20H33NO4/c1-2-3-4-5-16(22)6-7-17-18-11-14(8-9-21-13-20(24)25)10-15(18)12-19(17)23/h6-7,10,15-19,21-23H,2-5,8-9,11-13H2,1H3,(H,24,25)/b7-6+. The van der Waals surface area contributed by atoms with Gasteiger partial charge in [0.25, 0.3) is 0 Å². The molecule has 0 heterocycles. The summed E-state index contributed by atoms with van der Waals surface area (Å²) >= 11 is 0. The zero-order valence-electron chi connectivity index (χ0n) is 15.2. The number of aliphatic hydroxyl groups excluding tert-OH is 2. The van der Waals surface area contributed by atoms with Crippen molar-refractivity contribution in [3.05, 3.63) is 23.8 Å². The number of rotatable bonds is 11. The van der Waals surface area contributed by atoms with E-state index in [1.807, 2.05) is 12.2 Å². The van der Waals surface area contributed by atoms with Crippen molar-refractivity contribution in [3.63, 3.8) is 0 Å². The van der Waals surface area contributed by atoms with Gasteiger partial charge < -0.3 is 20.6 Å². The SMILES string of the molecule is CCCCCC(O)/C=C/C1C(O)CC2C=C(CCNCC(=O)O)CC21. The number of hydrogen-bond acceptors (Lipinski definition) is 4. The van der Waals surface area contributed by atoms with Crippen molar-refractivity contribution in [2.45, 2.75) is 64.1 Å². The van der Waals surface area contributed by atoms with Crippen LogP contribution in [-0.2, 0) is 4.79 Å². The van der Waals surface area contributed by atoms with E-state index in [0.29, 0.717) is 18.4 Å². The lowest BCUT2D eigenvalue weighted by Gasteiger charge is -2.19. The van der Waals surface area contributed by atoms with E-state index in [0.717, 1.165) is 44.9 Å². The first-order chi connectivity index (χ1) is 12.0. The summed E-state index contributed by atoms with van der Waals surface area (Å²) in [5, 5.41) is 32.0. The third kappa shape index (κ3) is 6.24. The van der Waals surface area contributed by atoms with Gasteiger partial charge in [-0.25, -0.2) is 0 Å². The lowest BCUT2D eigenvalue weighted by Crippen LogP contribution is -2.23. The average Bonchev–Trinajstić information content (AvgIpc) is 3.06. The Labute approximate surface area is 150 Å². The summed E-state index contributed by atoms with van der Waals surface area (Å²) in [4.78, 5) is 10.5. The van der Waals surface area contributed by atoms with Gasteiger partial charge in [0, 0.05) is 5.92 Å². The minimum atomic E-state index is -0.830. The molecule has 0 aromatic carbocycles. The maximum Gasteiger partial charge on any atom is 0.317 e. The number of allylic oxidation sites excluding steroid dienone is 1. The van der Waals surface area contributed by atoms with E-state index < -0.39 is 12.1 Å². The highest BCUT2D eigenvalue weighted by Gasteiger charge is 2.43. The van der Waals surface area contributed by atoms with Crippen LogP contribution in [0.2, 0.25) is 0 Å². The minimum Gasteiger partial charge on any atom is -0.480 e. The highest BCUT2D eigenvalue weighted by molar-refractivity contribution is 5.68. The number of aliphatic carboxylic acids is 1. The Morgan fingerprint density at radius 3 is 2.96 bits per heavy atom. The van der Waals surface area contributed by atoms with Gasteiger partial charge in [0.2, 0.25) is 0 Å². The molecule has 0 radical (unpaired) electrons. The van der Waals surface area contributed by atoms with Crippen molar-refractivity contribution >= 4 is 5.97 Å². The van der Waals surface area contributed by atoms with Crippen LogP contribution in [0.15, 0.2) is 23.8 Å². The fraction of sp³-hybridized carbons (Fsp3) is 0.750. The number of carboxylic acids is 1. The van der Waals surface area contributed by atoms with Crippen LogP contribution in [-0.4, -0.2) is 46.6 Å². The molecule has 5 nitrogen and oxygen atoms in total. The van der Waals surface area contributed by atoms with Crippen LogP contribution in [0.1, 0.15) is 51.9 Å². The summed E-state index contributed by atoms with van der Waals surface area (Å²) < 4.78 is 0. The van der Waals surface area contributed by atoms with Gasteiger partial charge in [0.1, 0.15) is 0 Å². The third-order valence-electron chi connectivity index (χ3n) is 5.51. The van der Waals surface area contributed by atoms with E-state index in [1.54, 1.807) is 0 Å². The number of carboxylic acid groups (broad SMARTS) is 1. The van der Waals surface area contributed by atoms with Gasteiger partial charge >= 0.3 is 5.97 Å². The van der Waals surface area contributed by atoms with E-state index in [2.05, 4.69) is 18.3 Å². The van der Waals surface area contributed by atoms with E-state index in [9.17, 15) is 15.0 Å². The first kappa shape index (κ1) is 20.1. The molecule has 2 aliphatic rings. The lowest BCUT2D eigenvalue weighted by molar-refractivity contribution is -0.135. The highest BCUT2D eigenvalue weighted by Crippen LogP contribution is 2.47. The zero-order valence-corrected chi connectivity index (χ0v) is 15.2. The summed E-state index contributed by atoms with van der Waals surface area (Å²) in [5.41, 5.74) is 1.36. The Morgan fingerprint density at radius 1 is 1.44 bits per heavy atom. The molecule has 0 saturated heterocycles. The number of nitrogens with one attached hydrogen (secondary N) is 1. The second-order valence-electron chi connectivity index (χ2n) is 7.51. The molecule has 0 aliphatic heterocycles. The van der Waals surface area contributed by atoms with Crippen molar-refractivity contribution in [2.75, 3.05) is 13.1 Å². The fourth-order valence-corrected chi connectivity index (χ4v) is 4.19. The average molecular weight is 351 g/mol. The summed E-state index contributed by atoms with van der Waals surface area (Å²) in [7, 11) is 0. The molecular formula is C20H33NO4. The zero-order chi connectivity index (χ0) is 18.2. The monoisotopic (exact) mass is 351 g/mol. The van der Waals surface area contributed by atoms with Gasteiger partial charge in [-0.15, -0.1) is 0 Å². The van der Waals surface area contributed by atoms with Gasteiger partial charge in [-0.3, -0.25) is 4.79 Å². The van der Waals surface area contributed by atoms with E-state index in [4.69, 9.17) is 5.11 Å². The second kappa shape index (κ2) is 10.1. The van der Waals surface area contributed by atoms with E-state index in [1.165, 1.54) is 5.57 Å². The Balaban J connectivity index is 1.78. The first-order valence-corrected chi connectivity index (χ1v) is 9.67. The van der Waals surface area contributed by atoms with Crippen molar-refractivity contribution in [1.29, 1.82) is 0 Å². The van der Waals surface area contributed by atoms with Crippen LogP contribution >= 0.6 is 0 Å². The van der Waals surface area contributed by atoms with Gasteiger partial charge in [-0.1, -0.05) is 50.0 Å². The van der Waals surface area contributed by atoms with Gasteiger partial charge in [-0.05, 0) is 44.1 Å². The van der Waals surface area contributed by atoms with Gasteiger partial charge in [0.05, 0.1) is 18.8 Å². The number of fused-ring (bicyclic) bond motifs is 1. The normalized spacial score (nSPS) is 29.8. The third-order valence-corrected chi connectivity index (χ3v) is 5.51.